The topological polar surface area (TPSA) is 47.4 Å². The van der Waals surface area contributed by atoms with Gasteiger partial charge in [-0.3, -0.25) is 4.79 Å². The molecule has 3 aromatic rings. The molecular weight excluding hydrogens is 326 g/mol. The van der Waals surface area contributed by atoms with E-state index in [2.05, 4.69) is 18.8 Å². The summed E-state index contributed by atoms with van der Waals surface area (Å²) in [5.41, 5.74) is 1.82. The molecule has 1 aromatic heterocycles. The number of para-hydroxylation sites is 3. The molecule has 0 saturated carbocycles. The number of hydrogen-bond donors (Lipinski definition) is 0. The second kappa shape index (κ2) is 8.04. The number of fused-ring (bicyclic) bond motifs is 1. The molecule has 0 saturated heterocycles. The van der Waals surface area contributed by atoms with Gasteiger partial charge in [0.25, 0.3) is 0 Å². The van der Waals surface area contributed by atoms with Crippen molar-refractivity contribution < 1.29 is 9.53 Å². The Morgan fingerprint density at radius 1 is 1.15 bits per heavy atom. The molecule has 0 aliphatic heterocycles. The van der Waals surface area contributed by atoms with Crippen molar-refractivity contribution in [2.45, 2.75) is 39.5 Å². The monoisotopic (exact) mass is 351 g/mol. The molecule has 1 unspecified atom stereocenters. The highest BCUT2D eigenvalue weighted by Gasteiger charge is 2.18. The Balaban J connectivity index is 1.86. The van der Waals surface area contributed by atoms with Gasteiger partial charge in [0.05, 0.1) is 11.0 Å². The van der Waals surface area contributed by atoms with Gasteiger partial charge >= 0.3 is 0 Å². The molecule has 5 nitrogen and oxygen atoms in total. The van der Waals surface area contributed by atoms with E-state index >= 15 is 0 Å². The maximum absolute atomic E-state index is 12.7. The van der Waals surface area contributed by atoms with Crippen molar-refractivity contribution >= 4 is 16.9 Å². The van der Waals surface area contributed by atoms with Crippen LogP contribution in [0.3, 0.4) is 0 Å². The molecule has 136 valence electrons. The van der Waals surface area contributed by atoms with Gasteiger partial charge in [0, 0.05) is 13.1 Å². The molecule has 1 atom stereocenters. The molecule has 1 heterocycles. The van der Waals surface area contributed by atoms with E-state index in [9.17, 15) is 4.79 Å². The van der Waals surface area contributed by atoms with Gasteiger partial charge in [-0.05, 0) is 37.6 Å². The number of benzene rings is 2. The third-order valence-corrected chi connectivity index (χ3v) is 4.78. The largest absolute Gasteiger partial charge is 0.486 e. The van der Waals surface area contributed by atoms with Crippen LogP contribution in [0.5, 0.6) is 5.75 Å². The van der Waals surface area contributed by atoms with Gasteiger partial charge in [-0.2, -0.15) is 0 Å². The Hall–Kier alpha value is -2.82. The minimum absolute atomic E-state index is 0.0727. The maximum Gasteiger partial charge on any atom is 0.242 e. The van der Waals surface area contributed by atoms with Crippen molar-refractivity contribution in [2.75, 3.05) is 7.05 Å². The SMILES string of the molecule is CCC(C)N(C)C(=O)Cn1c(COc2ccccc2)nc2ccccc21. The summed E-state index contributed by atoms with van der Waals surface area (Å²) in [5, 5.41) is 0. The van der Waals surface area contributed by atoms with Gasteiger partial charge in [0.15, 0.2) is 0 Å². The van der Waals surface area contributed by atoms with Crippen LogP contribution in [0.25, 0.3) is 11.0 Å². The number of aromatic nitrogens is 2. The minimum Gasteiger partial charge on any atom is -0.486 e. The van der Waals surface area contributed by atoms with Crippen molar-refractivity contribution in [3.63, 3.8) is 0 Å². The summed E-state index contributed by atoms with van der Waals surface area (Å²) in [6.07, 6.45) is 0.927. The molecule has 0 aliphatic rings. The number of hydrogen-bond acceptors (Lipinski definition) is 3. The first-order valence-electron chi connectivity index (χ1n) is 8.97. The predicted molar refractivity (Wildman–Crippen MR) is 103 cm³/mol. The third-order valence-electron chi connectivity index (χ3n) is 4.78. The van der Waals surface area contributed by atoms with Crippen molar-refractivity contribution in [3.05, 3.63) is 60.4 Å². The van der Waals surface area contributed by atoms with Crippen LogP contribution < -0.4 is 4.74 Å². The zero-order chi connectivity index (χ0) is 18.5. The standard InChI is InChI=1S/C21H25N3O2/c1-4-16(2)23(3)21(25)14-24-19-13-9-8-12-18(19)22-20(24)15-26-17-10-6-5-7-11-17/h5-13,16H,4,14-15H2,1-3H3. The van der Waals surface area contributed by atoms with E-state index in [1.54, 1.807) is 4.90 Å². The van der Waals surface area contributed by atoms with E-state index in [0.29, 0.717) is 6.61 Å². The van der Waals surface area contributed by atoms with Crippen LogP contribution in [0.2, 0.25) is 0 Å². The summed E-state index contributed by atoms with van der Waals surface area (Å²) in [7, 11) is 1.86. The quantitative estimate of drug-likeness (QED) is 0.649. The summed E-state index contributed by atoms with van der Waals surface area (Å²) < 4.78 is 7.82. The molecule has 0 fully saturated rings. The Morgan fingerprint density at radius 2 is 1.85 bits per heavy atom. The van der Waals surface area contributed by atoms with Crippen molar-refractivity contribution in [1.29, 1.82) is 0 Å². The second-order valence-corrected chi connectivity index (χ2v) is 6.47. The Morgan fingerprint density at radius 3 is 2.58 bits per heavy atom. The number of rotatable bonds is 7. The fourth-order valence-electron chi connectivity index (χ4n) is 2.84. The third kappa shape index (κ3) is 3.87. The van der Waals surface area contributed by atoms with Gasteiger partial charge in [0.2, 0.25) is 5.91 Å². The van der Waals surface area contributed by atoms with Crippen LogP contribution in [0, 0.1) is 0 Å². The number of carbonyl (C=O) groups excluding carboxylic acids is 1. The average Bonchev–Trinajstić information content (AvgIpc) is 3.03. The van der Waals surface area contributed by atoms with E-state index in [1.165, 1.54) is 0 Å². The number of likely N-dealkylation sites (N-methyl/N-ethyl adjacent to an activating group) is 1. The summed E-state index contributed by atoms with van der Waals surface area (Å²) in [5.74, 6) is 1.61. The van der Waals surface area contributed by atoms with E-state index in [1.807, 2.05) is 66.2 Å². The van der Waals surface area contributed by atoms with E-state index in [0.717, 1.165) is 29.0 Å². The zero-order valence-electron chi connectivity index (χ0n) is 15.6. The Bertz CT molecular complexity index is 873. The molecule has 0 aliphatic carbocycles. The highest BCUT2D eigenvalue weighted by atomic mass is 16.5. The molecular formula is C21H25N3O2. The minimum atomic E-state index is 0.0727. The molecule has 0 bridgehead atoms. The lowest BCUT2D eigenvalue weighted by Gasteiger charge is -2.24. The van der Waals surface area contributed by atoms with Crippen LogP contribution in [0.1, 0.15) is 26.1 Å². The lowest BCUT2D eigenvalue weighted by atomic mass is 10.2. The number of ether oxygens (including phenoxy) is 1. The fourth-order valence-corrected chi connectivity index (χ4v) is 2.84. The average molecular weight is 351 g/mol. The van der Waals surface area contributed by atoms with Crippen LogP contribution >= 0.6 is 0 Å². The van der Waals surface area contributed by atoms with Gasteiger partial charge in [0.1, 0.15) is 24.7 Å². The van der Waals surface area contributed by atoms with Gasteiger partial charge in [-0.25, -0.2) is 4.98 Å². The van der Waals surface area contributed by atoms with E-state index in [4.69, 9.17) is 4.74 Å². The molecule has 0 spiro atoms. The van der Waals surface area contributed by atoms with Crippen LogP contribution in [-0.2, 0) is 17.9 Å². The molecule has 0 radical (unpaired) electrons. The number of imidazole rings is 1. The molecule has 0 N–H and O–H groups in total. The zero-order valence-corrected chi connectivity index (χ0v) is 15.6. The van der Waals surface area contributed by atoms with Crippen LogP contribution in [0.4, 0.5) is 0 Å². The maximum atomic E-state index is 12.7. The molecule has 26 heavy (non-hydrogen) atoms. The Labute approximate surface area is 154 Å². The smallest absolute Gasteiger partial charge is 0.242 e. The first-order valence-corrected chi connectivity index (χ1v) is 8.97. The van der Waals surface area contributed by atoms with Gasteiger partial charge in [-0.1, -0.05) is 37.3 Å². The Kier molecular flexibility index (Phi) is 5.56. The van der Waals surface area contributed by atoms with E-state index in [-0.39, 0.29) is 18.5 Å². The molecule has 1 amide bonds. The highest BCUT2D eigenvalue weighted by Crippen LogP contribution is 2.19. The van der Waals surface area contributed by atoms with Crippen molar-refractivity contribution in [3.8, 4) is 5.75 Å². The lowest BCUT2D eigenvalue weighted by molar-refractivity contribution is -0.132. The highest BCUT2D eigenvalue weighted by molar-refractivity contribution is 5.81. The predicted octanol–water partition coefficient (Wildman–Crippen LogP) is 3.87. The van der Waals surface area contributed by atoms with Gasteiger partial charge < -0.3 is 14.2 Å². The number of amides is 1. The summed E-state index contributed by atoms with van der Waals surface area (Å²) in [6.45, 7) is 4.72. The molecule has 5 heteroatoms. The van der Waals surface area contributed by atoms with E-state index < -0.39 is 0 Å². The van der Waals surface area contributed by atoms with Crippen LogP contribution in [-0.4, -0.2) is 33.4 Å². The van der Waals surface area contributed by atoms with Crippen molar-refractivity contribution in [1.82, 2.24) is 14.5 Å². The normalized spacial score (nSPS) is 12.1. The fraction of sp³-hybridized carbons (Fsp3) is 0.333. The number of nitrogens with zero attached hydrogens (tertiary/aromatic N) is 3. The first-order chi connectivity index (χ1) is 12.6. The summed E-state index contributed by atoms with van der Waals surface area (Å²) in [6, 6.07) is 17.7. The molecule has 2 aromatic carbocycles. The number of carbonyl (C=O) groups is 1. The second-order valence-electron chi connectivity index (χ2n) is 6.47. The van der Waals surface area contributed by atoms with Crippen LogP contribution in [0.15, 0.2) is 54.6 Å². The van der Waals surface area contributed by atoms with Crippen molar-refractivity contribution in [2.24, 2.45) is 0 Å². The summed E-state index contributed by atoms with van der Waals surface area (Å²) in [4.78, 5) is 19.2. The summed E-state index contributed by atoms with van der Waals surface area (Å²) >= 11 is 0. The lowest BCUT2D eigenvalue weighted by Crippen LogP contribution is -2.37. The molecule has 3 rings (SSSR count). The first kappa shape index (κ1) is 18.0. The van der Waals surface area contributed by atoms with Gasteiger partial charge in [-0.15, -0.1) is 0 Å².